The van der Waals surface area contributed by atoms with Crippen LogP contribution in [0.2, 0.25) is 0 Å². The largest absolute Gasteiger partial charge is 0.361 e. The first-order valence-corrected chi connectivity index (χ1v) is 11.7. The smallest absolute Gasteiger partial charge is 0.251 e. The summed E-state index contributed by atoms with van der Waals surface area (Å²) in [4.78, 5) is 15.7. The van der Waals surface area contributed by atoms with Gasteiger partial charge in [-0.3, -0.25) is 4.79 Å². The van der Waals surface area contributed by atoms with Gasteiger partial charge in [-0.2, -0.15) is 0 Å². The third-order valence-corrected chi connectivity index (χ3v) is 7.95. The van der Waals surface area contributed by atoms with Crippen LogP contribution in [-0.4, -0.2) is 61.6 Å². The molecule has 1 aromatic heterocycles. The summed E-state index contributed by atoms with van der Waals surface area (Å²) in [6.45, 7) is 2.77. The summed E-state index contributed by atoms with van der Waals surface area (Å²) in [5.41, 5.74) is 1.64. The van der Waals surface area contributed by atoms with Crippen molar-refractivity contribution in [1.82, 2.24) is 19.9 Å². The van der Waals surface area contributed by atoms with Gasteiger partial charge in [-0.15, -0.1) is 0 Å². The standard InChI is InChI=1S/C20H28N4O3S/c25-20(17-1-2-19-16(13-17)5-10-22-19)23-18-6-11-24(12-7-18)28(26,27)14-15-3-8-21-9-4-15/h1-2,5,10,13,15,18,21-22H,3-4,6-9,11-12,14H2,(H,23,25). The van der Waals surface area contributed by atoms with Gasteiger partial charge in [-0.25, -0.2) is 12.7 Å². The fraction of sp³-hybridized carbons (Fsp3) is 0.550. The van der Waals surface area contributed by atoms with Gasteiger partial charge < -0.3 is 15.6 Å². The highest BCUT2D eigenvalue weighted by molar-refractivity contribution is 7.89. The van der Waals surface area contributed by atoms with E-state index in [1.165, 1.54) is 0 Å². The van der Waals surface area contributed by atoms with Gasteiger partial charge in [0.25, 0.3) is 5.91 Å². The summed E-state index contributed by atoms with van der Waals surface area (Å²) >= 11 is 0. The Hall–Kier alpha value is -1.90. The molecule has 0 unspecified atom stereocenters. The molecule has 2 aliphatic heterocycles. The Labute approximate surface area is 165 Å². The van der Waals surface area contributed by atoms with E-state index >= 15 is 0 Å². The molecular weight excluding hydrogens is 376 g/mol. The minimum Gasteiger partial charge on any atom is -0.361 e. The van der Waals surface area contributed by atoms with Crippen LogP contribution in [0.3, 0.4) is 0 Å². The second-order valence-electron chi connectivity index (χ2n) is 7.90. The SMILES string of the molecule is O=C(NC1CCN(S(=O)(=O)CC2CCNCC2)CC1)c1ccc2[nH]ccc2c1. The molecule has 0 aliphatic carbocycles. The van der Waals surface area contributed by atoms with Crippen molar-refractivity contribution < 1.29 is 13.2 Å². The van der Waals surface area contributed by atoms with Gasteiger partial charge in [0, 0.05) is 41.8 Å². The van der Waals surface area contributed by atoms with E-state index in [0.29, 0.717) is 31.5 Å². The highest BCUT2D eigenvalue weighted by Gasteiger charge is 2.31. The number of nitrogens with zero attached hydrogens (tertiary/aromatic N) is 1. The van der Waals surface area contributed by atoms with Crippen molar-refractivity contribution in [2.45, 2.75) is 31.7 Å². The van der Waals surface area contributed by atoms with E-state index in [1.807, 2.05) is 30.5 Å². The maximum atomic E-state index is 12.7. The molecule has 3 N–H and O–H groups in total. The number of hydrogen-bond donors (Lipinski definition) is 3. The van der Waals surface area contributed by atoms with Crippen LogP contribution in [0.4, 0.5) is 0 Å². The van der Waals surface area contributed by atoms with Crippen molar-refractivity contribution >= 4 is 26.8 Å². The van der Waals surface area contributed by atoms with Crippen LogP contribution in [0.25, 0.3) is 10.9 Å². The van der Waals surface area contributed by atoms with E-state index in [0.717, 1.165) is 36.8 Å². The number of sulfonamides is 1. The lowest BCUT2D eigenvalue weighted by Gasteiger charge is -2.33. The summed E-state index contributed by atoms with van der Waals surface area (Å²) in [6, 6.07) is 7.55. The van der Waals surface area contributed by atoms with E-state index in [-0.39, 0.29) is 23.6 Å². The molecule has 28 heavy (non-hydrogen) atoms. The van der Waals surface area contributed by atoms with E-state index in [9.17, 15) is 13.2 Å². The van der Waals surface area contributed by atoms with Crippen LogP contribution >= 0.6 is 0 Å². The number of amides is 1. The van der Waals surface area contributed by atoms with Crippen molar-refractivity contribution in [2.75, 3.05) is 31.9 Å². The van der Waals surface area contributed by atoms with Crippen LogP contribution in [0, 0.1) is 5.92 Å². The van der Waals surface area contributed by atoms with Crippen molar-refractivity contribution in [3.8, 4) is 0 Å². The van der Waals surface area contributed by atoms with E-state index in [1.54, 1.807) is 4.31 Å². The van der Waals surface area contributed by atoms with Crippen LogP contribution in [0.15, 0.2) is 30.5 Å². The average Bonchev–Trinajstić information content (AvgIpc) is 3.16. The summed E-state index contributed by atoms with van der Waals surface area (Å²) in [6.07, 6.45) is 5.02. The topological polar surface area (TPSA) is 94.3 Å². The zero-order valence-corrected chi connectivity index (χ0v) is 16.8. The van der Waals surface area contributed by atoms with E-state index in [4.69, 9.17) is 0 Å². The van der Waals surface area contributed by atoms with Crippen LogP contribution in [-0.2, 0) is 10.0 Å². The number of benzene rings is 1. The fourth-order valence-electron chi connectivity index (χ4n) is 4.19. The lowest BCUT2D eigenvalue weighted by molar-refractivity contribution is 0.0924. The van der Waals surface area contributed by atoms with Crippen LogP contribution in [0.1, 0.15) is 36.0 Å². The quantitative estimate of drug-likeness (QED) is 0.707. The predicted octanol–water partition coefficient (Wildman–Crippen LogP) is 1.69. The molecule has 1 amide bonds. The highest BCUT2D eigenvalue weighted by atomic mass is 32.2. The van der Waals surface area contributed by atoms with E-state index in [2.05, 4.69) is 15.6 Å². The number of nitrogens with one attached hydrogen (secondary N) is 3. The first-order valence-electron chi connectivity index (χ1n) is 10.1. The Morgan fingerprint density at radius 2 is 1.86 bits per heavy atom. The second kappa shape index (κ2) is 8.23. The molecule has 7 nitrogen and oxygen atoms in total. The number of carbonyl (C=O) groups excluding carboxylic acids is 1. The number of rotatable bonds is 5. The Bertz CT molecular complexity index is 926. The molecule has 2 saturated heterocycles. The molecule has 0 bridgehead atoms. The monoisotopic (exact) mass is 404 g/mol. The molecule has 2 aliphatic rings. The average molecular weight is 405 g/mol. The molecule has 0 saturated carbocycles. The molecule has 0 radical (unpaired) electrons. The van der Waals surface area contributed by atoms with E-state index < -0.39 is 10.0 Å². The molecule has 2 aromatic rings. The van der Waals surface area contributed by atoms with Gasteiger partial charge in [0.1, 0.15) is 0 Å². The fourth-order valence-corrected chi connectivity index (χ4v) is 6.10. The molecule has 1 aromatic carbocycles. The Kier molecular flexibility index (Phi) is 5.70. The minimum atomic E-state index is -3.22. The van der Waals surface area contributed by atoms with Gasteiger partial charge >= 0.3 is 0 Å². The molecule has 0 spiro atoms. The molecule has 3 heterocycles. The molecule has 152 valence electrons. The number of fused-ring (bicyclic) bond motifs is 1. The Morgan fingerprint density at radius 1 is 1.11 bits per heavy atom. The summed E-state index contributed by atoms with van der Waals surface area (Å²) in [5, 5.41) is 7.35. The van der Waals surface area contributed by atoms with Crippen molar-refractivity contribution in [3.63, 3.8) is 0 Å². The highest BCUT2D eigenvalue weighted by Crippen LogP contribution is 2.21. The number of aromatic amines is 1. The summed E-state index contributed by atoms with van der Waals surface area (Å²) in [5.74, 6) is 0.411. The molecule has 8 heteroatoms. The Balaban J connectivity index is 1.30. The van der Waals surface area contributed by atoms with Gasteiger partial charge in [-0.1, -0.05) is 0 Å². The molecule has 0 atom stereocenters. The lowest BCUT2D eigenvalue weighted by Crippen LogP contribution is -2.48. The Morgan fingerprint density at radius 3 is 2.61 bits per heavy atom. The third-order valence-electron chi connectivity index (χ3n) is 5.90. The van der Waals surface area contributed by atoms with Gasteiger partial charge in [-0.05, 0) is 69.0 Å². The van der Waals surface area contributed by atoms with Crippen molar-refractivity contribution in [2.24, 2.45) is 5.92 Å². The predicted molar refractivity (Wildman–Crippen MR) is 110 cm³/mol. The van der Waals surface area contributed by atoms with Crippen LogP contribution < -0.4 is 10.6 Å². The second-order valence-corrected chi connectivity index (χ2v) is 9.91. The minimum absolute atomic E-state index is 0.0137. The number of piperidine rings is 2. The van der Waals surface area contributed by atoms with Crippen molar-refractivity contribution in [1.29, 1.82) is 0 Å². The number of hydrogen-bond acceptors (Lipinski definition) is 4. The number of carbonyl (C=O) groups is 1. The summed E-state index contributed by atoms with van der Waals surface area (Å²) < 4.78 is 27.1. The maximum absolute atomic E-state index is 12.7. The summed E-state index contributed by atoms with van der Waals surface area (Å²) in [7, 11) is -3.22. The first kappa shape index (κ1) is 19.4. The first-order chi connectivity index (χ1) is 13.5. The third kappa shape index (κ3) is 4.39. The maximum Gasteiger partial charge on any atom is 0.251 e. The molecule has 2 fully saturated rings. The number of H-pyrrole nitrogens is 1. The zero-order chi connectivity index (χ0) is 19.6. The van der Waals surface area contributed by atoms with Crippen LogP contribution in [0.5, 0.6) is 0 Å². The van der Waals surface area contributed by atoms with Gasteiger partial charge in [0.15, 0.2) is 0 Å². The number of aromatic nitrogens is 1. The van der Waals surface area contributed by atoms with Gasteiger partial charge in [0.05, 0.1) is 5.75 Å². The molecule has 4 rings (SSSR count). The lowest BCUT2D eigenvalue weighted by atomic mass is 10.0. The molecular formula is C20H28N4O3S. The normalized spacial score (nSPS) is 20.4. The zero-order valence-electron chi connectivity index (χ0n) is 16.0. The van der Waals surface area contributed by atoms with Gasteiger partial charge in [0.2, 0.25) is 10.0 Å². The van der Waals surface area contributed by atoms with Crippen molar-refractivity contribution in [3.05, 3.63) is 36.0 Å².